The maximum Gasteiger partial charge on any atom is 0.173 e. The van der Waals surface area contributed by atoms with Crippen LogP contribution in [0.1, 0.15) is 10.4 Å². The second-order valence-corrected chi connectivity index (χ2v) is 6.31. The Morgan fingerprint density at radius 1 is 1.20 bits per heavy atom. The predicted octanol–water partition coefficient (Wildman–Crippen LogP) is 3.94. The molecule has 0 atom stereocenters. The molecule has 3 rings (SSSR count). The molecule has 4 nitrogen and oxygen atoms in total. The van der Waals surface area contributed by atoms with Crippen molar-refractivity contribution in [2.24, 2.45) is 0 Å². The van der Waals surface area contributed by atoms with Gasteiger partial charge in [0.05, 0.1) is 23.4 Å². The summed E-state index contributed by atoms with van der Waals surface area (Å²) in [5.41, 5.74) is 1.94. The standard InChI is InChI=1S/C18H16F2N2O2S/c1-24-9-8-22-16-5-3-2-4-15(16)21-18(22)25-11-17(23)12-6-7-13(19)14(20)10-12/h2-7,10H,8-9,11H2,1H3. The van der Waals surface area contributed by atoms with E-state index in [0.29, 0.717) is 18.3 Å². The molecule has 0 spiro atoms. The fourth-order valence-corrected chi connectivity index (χ4v) is 3.38. The number of halogens is 2. The van der Waals surface area contributed by atoms with Gasteiger partial charge in [-0.25, -0.2) is 13.8 Å². The molecular formula is C18H16F2N2O2S. The Hall–Kier alpha value is -2.25. The number of carbonyl (C=O) groups is 1. The summed E-state index contributed by atoms with van der Waals surface area (Å²) in [5.74, 6) is -2.19. The van der Waals surface area contributed by atoms with Crippen LogP contribution >= 0.6 is 11.8 Å². The molecular weight excluding hydrogens is 346 g/mol. The largest absolute Gasteiger partial charge is 0.383 e. The highest BCUT2D eigenvalue weighted by atomic mass is 32.2. The van der Waals surface area contributed by atoms with E-state index in [1.165, 1.54) is 17.8 Å². The monoisotopic (exact) mass is 362 g/mol. The predicted molar refractivity (Wildman–Crippen MR) is 93.0 cm³/mol. The molecule has 0 aliphatic heterocycles. The fourth-order valence-electron chi connectivity index (χ4n) is 2.45. The Balaban J connectivity index is 1.80. The number of ketones is 1. The van der Waals surface area contributed by atoms with Crippen LogP contribution in [0.15, 0.2) is 47.6 Å². The summed E-state index contributed by atoms with van der Waals surface area (Å²) >= 11 is 1.27. The summed E-state index contributed by atoms with van der Waals surface area (Å²) in [6.07, 6.45) is 0. The second-order valence-electron chi connectivity index (χ2n) is 5.37. The number of thioether (sulfide) groups is 1. The van der Waals surface area contributed by atoms with Crippen molar-refractivity contribution in [1.82, 2.24) is 9.55 Å². The van der Waals surface area contributed by atoms with Crippen molar-refractivity contribution >= 4 is 28.6 Å². The van der Waals surface area contributed by atoms with Crippen LogP contribution in [0.2, 0.25) is 0 Å². The molecule has 0 saturated carbocycles. The molecule has 130 valence electrons. The number of fused-ring (bicyclic) bond motifs is 1. The molecule has 25 heavy (non-hydrogen) atoms. The number of benzene rings is 2. The van der Waals surface area contributed by atoms with E-state index < -0.39 is 11.6 Å². The van der Waals surface area contributed by atoms with E-state index in [0.717, 1.165) is 23.2 Å². The van der Waals surface area contributed by atoms with Crippen molar-refractivity contribution in [3.05, 3.63) is 59.7 Å². The third-order valence-electron chi connectivity index (χ3n) is 3.71. The van der Waals surface area contributed by atoms with Crippen LogP contribution < -0.4 is 0 Å². The number of hydrogen-bond donors (Lipinski definition) is 0. The van der Waals surface area contributed by atoms with Gasteiger partial charge in [0.25, 0.3) is 0 Å². The Morgan fingerprint density at radius 2 is 2.00 bits per heavy atom. The molecule has 0 radical (unpaired) electrons. The maximum atomic E-state index is 13.3. The van der Waals surface area contributed by atoms with E-state index in [1.807, 2.05) is 28.8 Å². The Bertz CT molecular complexity index is 911. The first-order chi connectivity index (χ1) is 12.1. The Kier molecular flexibility index (Phi) is 5.45. The highest BCUT2D eigenvalue weighted by Gasteiger charge is 2.15. The molecule has 2 aromatic carbocycles. The molecule has 0 unspecified atom stereocenters. The van der Waals surface area contributed by atoms with Crippen LogP contribution in [-0.4, -0.2) is 34.8 Å². The highest BCUT2D eigenvalue weighted by molar-refractivity contribution is 7.99. The third kappa shape index (κ3) is 3.88. The topological polar surface area (TPSA) is 44.1 Å². The van der Waals surface area contributed by atoms with Crippen LogP contribution in [0.4, 0.5) is 8.78 Å². The number of para-hydroxylation sites is 2. The molecule has 0 bridgehead atoms. The number of methoxy groups -OCH3 is 1. The first kappa shape index (κ1) is 17.6. The van der Waals surface area contributed by atoms with Crippen LogP contribution in [0.3, 0.4) is 0 Å². The normalized spacial score (nSPS) is 11.2. The van der Waals surface area contributed by atoms with Gasteiger partial charge in [-0.2, -0.15) is 0 Å². The minimum Gasteiger partial charge on any atom is -0.383 e. The summed E-state index contributed by atoms with van der Waals surface area (Å²) < 4.78 is 33.4. The van der Waals surface area contributed by atoms with Crippen molar-refractivity contribution in [3.63, 3.8) is 0 Å². The van der Waals surface area contributed by atoms with Gasteiger partial charge >= 0.3 is 0 Å². The van der Waals surface area contributed by atoms with Gasteiger partial charge in [0.15, 0.2) is 22.6 Å². The summed E-state index contributed by atoms with van der Waals surface area (Å²) in [7, 11) is 1.62. The SMILES string of the molecule is COCCn1c(SCC(=O)c2ccc(F)c(F)c2)nc2ccccc21. The van der Waals surface area contributed by atoms with E-state index >= 15 is 0 Å². The van der Waals surface area contributed by atoms with Gasteiger partial charge in [0.2, 0.25) is 0 Å². The first-order valence-corrected chi connectivity index (χ1v) is 8.64. The molecule has 0 fully saturated rings. The zero-order valence-corrected chi connectivity index (χ0v) is 14.4. The molecule has 1 heterocycles. The molecule has 0 aliphatic carbocycles. The number of aromatic nitrogens is 2. The molecule has 1 aromatic heterocycles. The lowest BCUT2D eigenvalue weighted by atomic mass is 10.1. The smallest absolute Gasteiger partial charge is 0.173 e. The van der Waals surface area contributed by atoms with Crippen LogP contribution in [0.25, 0.3) is 11.0 Å². The molecule has 0 N–H and O–H groups in total. The average molecular weight is 362 g/mol. The van der Waals surface area contributed by atoms with Crippen molar-refractivity contribution in [2.45, 2.75) is 11.7 Å². The van der Waals surface area contributed by atoms with Crippen LogP contribution in [0, 0.1) is 11.6 Å². The number of nitrogens with zero attached hydrogens (tertiary/aromatic N) is 2. The third-order valence-corrected chi connectivity index (χ3v) is 4.69. The number of rotatable bonds is 7. The zero-order valence-electron chi connectivity index (χ0n) is 13.5. The van der Waals surface area contributed by atoms with Gasteiger partial charge in [0.1, 0.15) is 0 Å². The fraction of sp³-hybridized carbons (Fsp3) is 0.222. The summed E-state index contributed by atoms with van der Waals surface area (Å²) in [6, 6.07) is 10.9. The molecule has 0 saturated heterocycles. The van der Waals surface area contributed by atoms with Gasteiger partial charge in [-0.3, -0.25) is 4.79 Å². The highest BCUT2D eigenvalue weighted by Crippen LogP contribution is 2.25. The first-order valence-electron chi connectivity index (χ1n) is 7.65. The average Bonchev–Trinajstić information content (AvgIpc) is 2.97. The van der Waals surface area contributed by atoms with E-state index in [1.54, 1.807) is 7.11 Å². The minimum atomic E-state index is -1.02. The van der Waals surface area contributed by atoms with E-state index in [2.05, 4.69) is 4.98 Å². The van der Waals surface area contributed by atoms with Gasteiger partial charge < -0.3 is 9.30 Å². The van der Waals surface area contributed by atoms with Gasteiger partial charge in [-0.05, 0) is 30.3 Å². The van der Waals surface area contributed by atoms with Crippen LogP contribution in [0.5, 0.6) is 0 Å². The number of imidazole rings is 1. The second kappa shape index (κ2) is 7.76. The minimum absolute atomic E-state index is 0.0847. The maximum absolute atomic E-state index is 13.3. The van der Waals surface area contributed by atoms with Crippen molar-refractivity contribution in [2.75, 3.05) is 19.5 Å². The summed E-state index contributed by atoms with van der Waals surface area (Å²) in [4.78, 5) is 16.8. The van der Waals surface area contributed by atoms with E-state index in [-0.39, 0.29) is 17.1 Å². The van der Waals surface area contributed by atoms with E-state index in [4.69, 9.17) is 4.74 Å². The molecule has 0 amide bonds. The molecule has 0 aliphatic rings. The molecule has 7 heteroatoms. The van der Waals surface area contributed by atoms with Crippen LogP contribution in [-0.2, 0) is 11.3 Å². The lowest BCUT2D eigenvalue weighted by molar-refractivity contribution is 0.102. The summed E-state index contributed by atoms with van der Waals surface area (Å²) in [5, 5.41) is 0.689. The van der Waals surface area contributed by atoms with Gasteiger partial charge in [0, 0.05) is 19.2 Å². The van der Waals surface area contributed by atoms with Gasteiger partial charge in [-0.1, -0.05) is 23.9 Å². The number of Topliss-reactive ketones (excluding diaryl/α,β-unsaturated/α-hetero) is 1. The Labute approximate surface area is 147 Å². The lowest BCUT2D eigenvalue weighted by Crippen LogP contribution is -2.08. The Morgan fingerprint density at radius 3 is 2.76 bits per heavy atom. The number of hydrogen-bond acceptors (Lipinski definition) is 4. The van der Waals surface area contributed by atoms with Crippen molar-refractivity contribution < 1.29 is 18.3 Å². The van der Waals surface area contributed by atoms with Gasteiger partial charge in [-0.15, -0.1) is 0 Å². The number of carbonyl (C=O) groups excluding carboxylic acids is 1. The van der Waals surface area contributed by atoms with Crippen molar-refractivity contribution in [3.8, 4) is 0 Å². The number of ether oxygens (including phenoxy) is 1. The summed E-state index contributed by atoms with van der Waals surface area (Å²) in [6.45, 7) is 1.13. The van der Waals surface area contributed by atoms with E-state index in [9.17, 15) is 13.6 Å². The zero-order chi connectivity index (χ0) is 17.8. The molecule has 3 aromatic rings. The van der Waals surface area contributed by atoms with Crippen molar-refractivity contribution in [1.29, 1.82) is 0 Å². The lowest BCUT2D eigenvalue weighted by Gasteiger charge is -2.08. The quantitative estimate of drug-likeness (QED) is 0.472.